The van der Waals surface area contributed by atoms with Crippen molar-refractivity contribution < 1.29 is 8.78 Å². The standard InChI is InChI=1S/C26H32ClF2N/c1-5-18(3)14-15-30-24-17-20(6-2)23(16-19(24)4)25(22-12-13-22,26(27,28)29)21-10-8-7-9-11-21/h7-11,15-18,22H,5-6,12-14H2,1-4H3/b30-15+. The van der Waals surface area contributed by atoms with E-state index in [1.165, 1.54) is 0 Å². The fourth-order valence-corrected chi connectivity index (χ4v) is 4.78. The van der Waals surface area contributed by atoms with Gasteiger partial charge in [-0.2, -0.15) is 8.78 Å². The van der Waals surface area contributed by atoms with Crippen molar-refractivity contribution in [1.29, 1.82) is 0 Å². The van der Waals surface area contributed by atoms with Gasteiger partial charge >= 0.3 is 5.38 Å². The van der Waals surface area contributed by atoms with Crippen LogP contribution in [0.25, 0.3) is 0 Å². The number of aliphatic imine (C=N–C) groups is 1. The van der Waals surface area contributed by atoms with E-state index in [-0.39, 0.29) is 5.92 Å². The van der Waals surface area contributed by atoms with Crippen LogP contribution in [0.2, 0.25) is 0 Å². The quantitative estimate of drug-likeness (QED) is 0.280. The maximum atomic E-state index is 15.3. The van der Waals surface area contributed by atoms with Gasteiger partial charge in [-0.05, 0) is 84.4 Å². The molecule has 1 nitrogen and oxygen atoms in total. The van der Waals surface area contributed by atoms with E-state index in [4.69, 9.17) is 11.6 Å². The van der Waals surface area contributed by atoms with E-state index in [2.05, 4.69) is 18.8 Å². The normalized spacial score (nSPS) is 17.8. The van der Waals surface area contributed by atoms with Crippen molar-refractivity contribution in [2.75, 3.05) is 0 Å². The number of benzene rings is 2. The minimum Gasteiger partial charge on any atom is -0.261 e. The van der Waals surface area contributed by atoms with Gasteiger partial charge in [0, 0.05) is 6.21 Å². The Morgan fingerprint density at radius 3 is 2.37 bits per heavy atom. The van der Waals surface area contributed by atoms with Crippen molar-refractivity contribution in [3.05, 3.63) is 64.7 Å². The Kier molecular flexibility index (Phi) is 7.02. The number of halogens is 3. The van der Waals surface area contributed by atoms with Crippen molar-refractivity contribution in [3.63, 3.8) is 0 Å². The second-order valence-corrected chi connectivity index (χ2v) is 9.13. The molecular weight excluding hydrogens is 400 g/mol. The largest absolute Gasteiger partial charge is 0.335 e. The van der Waals surface area contributed by atoms with E-state index in [0.29, 0.717) is 23.5 Å². The molecule has 3 rings (SSSR count). The molecule has 0 saturated heterocycles. The Bertz CT molecular complexity index is 884. The molecule has 0 aromatic heterocycles. The Balaban J connectivity index is 2.16. The van der Waals surface area contributed by atoms with Crippen LogP contribution in [-0.2, 0) is 11.8 Å². The van der Waals surface area contributed by atoms with Crippen LogP contribution in [0.5, 0.6) is 0 Å². The summed E-state index contributed by atoms with van der Waals surface area (Å²) in [6.07, 6.45) is 6.14. The zero-order valence-corrected chi connectivity index (χ0v) is 19.1. The molecule has 0 N–H and O–H groups in total. The lowest BCUT2D eigenvalue weighted by atomic mass is 9.68. The van der Waals surface area contributed by atoms with Crippen LogP contribution in [0.4, 0.5) is 14.5 Å². The molecule has 0 spiro atoms. The zero-order chi connectivity index (χ0) is 21.9. The Hall–Kier alpha value is -1.74. The number of hydrogen-bond acceptors (Lipinski definition) is 1. The number of rotatable bonds is 9. The lowest BCUT2D eigenvalue weighted by Gasteiger charge is -2.40. The summed E-state index contributed by atoms with van der Waals surface area (Å²) in [6.45, 7) is 8.33. The van der Waals surface area contributed by atoms with Gasteiger partial charge in [-0.15, -0.1) is 0 Å². The summed E-state index contributed by atoms with van der Waals surface area (Å²) in [5.74, 6) is 0.409. The molecule has 30 heavy (non-hydrogen) atoms. The first-order valence-electron chi connectivity index (χ1n) is 11.0. The third-order valence-electron chi connectivity index (χ3n) is 6.53. The van der Waals surface area contributed by atoms with Crippen LogP contribution >= 0.6 is 11.6 Å². The second kappa shape index (κ2) is 9.18. The summed E-state index contributed by atoms with van der Waals surface area (Å²) in [5, 5.41) is -3.40. The predicted octanol–water partition coefficient (Wildman–Crippen LogP) is 8.22. The van der Waals surface area contributed by atoms with Crippen LogP contribution in [-0.4, -0.2) is 11.6 Å². The topological polar surface area (TPSA) is 12.4 Å². The van der Waals surface area contributed by atoms with E-state index in [1.54, 1.807) is 12.1 Å². The molecule has 2 atom stereocenters. The third-order valence-corrected chi connectivity index (χ3v) is 6.83. The van der Waals surface area contributed by atoms with Gasteiger partial charge in [0.2, 0.25) is 0 Å². The molecule has 2 aromatic carbocycles. The molecule has 2 aromatic rings. The van der Waals surface area contributed by atoms with Gasteiger partial charge in [0.05, 0.1) is 5.69 Å². The highest BCUT2D eigenvalue weighted by Gasteiger charge is 2.63. The Labute approximate surface area is 184 Å². The van der Waals surface area contributed by atoms with Gasteiger partial charge in [0.25, 0.3) is 0 Å². The minimum atomic E-state index is -3.40. The van der Waals surface area contributed by atoms with E-state index in [1.807, 2.05) is 50.4 Å². The van der Waals surface area contributed by atoms with Crippen LogP contribution in [0.3, 0.4) is 0 Å². The van der Waals surface area contributed by atoms with E-state index >= 15 is 8.78 Å². The molecule has 0 bridgehead atoms. The van der Waals surface area contributed by atoms with Crippen LogP contribution in [0.1, 0.15) is 68.7 Å². The average Bonchev–Trinajstić information content (AvgIpc) is 3.55. The lowest BCUT2D eigenvalue weighted by Crippen LogP contribution is -2.45. The van der Waals surface area contributed by atoms with Gasteiger partial charge in [-0.1, -0.05) is 63.6 Å². The summed E-state index contributed by atoms with van der Waals surface area (Å²) < 4.78 is 30.6. The molecule has 0 heterocycles. The first-order valence-corrected chi connectivity index (χ1v) is 11.4. The summed E-state index contributed by atoms with van der Waals surface area (Å²) in [7, 11) is 0. The smallest absolute Gasteiger partial charge is 0.261 e. The van der Waals surface area contributed by atoms with Gasteiger partial charge in [0.15, 0.2) is 0 Å². The molecule has 0 aliphatic heterocycles. The number of nitrogens with zero attached hydrogens (tertiary/aromatic N) is 1. The molecule has 1 fully saturated rings. The molecule has 4 heteroatoms. The van der Waals surface area contributed by atoms with E-state index < -0.39 is 10.8 Å². The second-order valence-electron chi connectivity index (χ2n) is 8.66. The first kappa shape index (κ1) is 22.9. The molecule has 1 saturated carbocycles. The van der Waals surface area contributed by atoms with Crippen molar-refractivity contribution >= 4 is 23.5 Å². The number of alkyl halides is 3. The van der Waals surface area contributed by atoms with Crippen LogP contribution < -0.4 is 0 Å². The van der Waals surface area contributed by atoms with Gasteiger partial charge < -0.3 is 0 Å². The molecule has 0 amide bonds. The highest BCUT2D eigenvalue weighted by molar-refractivity contribution is 6.23. The molecule has 162 valence electrons. The van der Waals surface area contributed by atoms with Crippen molar-refractivity contribution in [1.82, 2.24) is 0 Å². The summed E-state index contributed by atoms with van der Waals surface area (Å²) in [5.41, 5.74) is 2.38. The van der Waals surface area contributed by atoms with Crippen LogP contribution in [0.15, 0.2) is 47.5 Å². The van der Waals surface area contributed by atoms with Crippen molar-refractivity contribution in [2.45, 2.75) is 70.6 Å². The zero-order valence-electron chi connectivity index (χ0n) is 18.4. The molecule has 1 aliphatic carbocycles. The molecule has 1 aliphatic rings. The third kappa shape index (κ3) is 4.32. The molecular formula is C26H32ClF2N. The summed E-state index contributed by atoms with van der Waals surface area (Å²) in [6, 6.07) is 13.0. The lowest BCUT2D eigenvalue weighted by molar-refractivity contribution is 0.0112. The highest BCUT2D eigenvalue weighted by atomic mass is 35.5. The summed E-state index contributed by atoms with van der Waals surface area (Å²) >= 11 is 5.95. The van der Waals surface area contributed by atoms with Crippen LogP contribution in [0, 0.1) is 18.8 Å². The van der Waals surface area contributed by atoms with Crippen molar-refractivity contribution in [2.24, 2.45) is 16.8 Å². The van der Waals surface area contributed by atoms with Gasteiger partial charge in [-0.25, -0.2) is 0 Å². The Morgan fingerprint density at radius 1 is 1.17 bits per heavy atom. The van der Waals surface area contributed by atoms with Crippen molar-refractivity contribution in [3.8, 4) is 0 Å². The maximum absolute atomic E-state index is 15.3. The number of aryl methyl sites for hydroxylation is 2. The first-order chi connectivity index (χ1) is 14.3. The summed E-state index contributed by atoms with van der Waals surface area (Å²) in [4.78, 5) is 4.68. The average molecular weight is 432 g/mol. The number of hydrogen-bond donors (Lipinski definition) is 0. The Morgan fingerprint density at radius 2 is 1.83 bits per heavy atom. The molecule has 2 unspecified atom stereocenters. The fourth-order valence-electron chi connectivity index (χ4n) is 4.41. The van der Waals surface area contributed by atoms with E-state index in [9.17, 15) is 0 Å². The SMILES string of the molecule is CCc1cc(/N=C/CC(C)CC)c(C)cc1C(c1ccccc1)(C1CC1)C(F)(F)Cl. The maximum Gasteiger partial charge on any atom is 0.335 e. The van der Waals surface area contributed by atoms with Gasteiger partial charge in [-0.3, -0.25) is 4.99 Å². The van der Waals surface area contributed by atoms with E-state index in [0.717, 1.165) is 42.5 Å². The molecule has 0 radical (unpaired) electrons. The minimum absolute atomic E-state index is 0.170. The van der Waals surface area contributed by atoms with Gasteiger partial charge in [0.1, 0.15) is 5.41 Å². The highest BCUT2D eigenvalue weighted by Crippen LogP contribution is 2.61. The predicted molar refractivity (Wildman–Crippen MR) is 124 cm³/mol. The monoisotopic (exact) mass is 431 g/mol. The fraction of sp³-hybridized carbons (Fsp3) is 0.500.